The summed E-state index contributed by atoms with van der Waals surface area (Å²) < 4.78 is 0. The Kier molecular flexibility index (Phi) is 4.11. The molecule has 1 fully saturated rings. The van der Waals surface area contributed by atoms with Crippen LogP contribution in [0.2, 0.25) is 0 Å². The van der Waals surface area contributed by atoms with Gasteiger partial charge in [-0.15, -0.1) is 0 Å². The minimum atomic E-state index is 0.361. The second kappa shape index (κ2) is 5.44. The average molecular weight is 245 g/mol. The molecule has 0 bridgehead atoms. The van der Waals surface area contributed by atoms with E-state index in [2.05, 4.69) is 57.4 Å². The van der Waals surface area contributed by atoms with E-state index in [1.165, 1.54) is 31.2 Å². The largest absolute Gasteiger partial charge is 0.313 e. The first kappa shape index (κ1) is 13.6. The molecule has 0 aromatic heterocycles. The Morgan fingerprint density at radius 3 is 2.50 bits per heavy atom. The molecule has 1 unspecified atom stereocenters. The Morgan fingerprint density at radius 2 is 2.00 bits per heavy atom. The highest BCUT2D eigenvalue weighted by Gasteiger charge is 2.22. The fourth-order valence-corrected chi connectivity index (χ4v) is 2.77. The quantitative estimate of drug-likeness (QED) is 0.814. The van der Waals surface area contributed by atoms with E-state index >= 15 is 0 Å². The molecule has 0 spiro atoms. The Balaban J connectivity index is 2.14. The Labute approximate surface area is 112 Å². The number of hydrogen-bond donors (Lipinski definition) is 1. The lowest BCUT2D eigenvalue weighted by molar-refractivity contribution is 0.320. The zero-order valence-electron chi connectivity index (χ0n) is 12.3. The number of rotatable bonds is 4. The van der Waals surface area contributed by atoms with E-state index in [9.17, 15) is 0 Å². The molecule has 1 atom stereocenters. The van der Waals surface area contributed by atoms with Crippen LogP contribution in [0.1, 0.15) is 69.5 Å². The summed E-state index contributed by atoms with van der Waals surface area (Å²) in [7, 11) is 2.08. The van der Waals surface area contributed by atoms with Crippen LogP contribution in [0, 0.1) is 5.41 Å². The van der Waals surface area contributed by atoms with E-state index in [1.807, 2.05) is 0 Å². The fraction of sp³-hybridized carbons (Fsp3) is 0.647. The molecule has 1 aromatic rings. The van der Waals surface area contributed by atoms with Gasteiger partial charge in [0.2, 0.25) is 0 Å². The third-order valence-electron chi connectivity index (χ3n) is 4.05. The van der Waals surface area contributed by atoms with Crippen LogP contribution in [0.25, 0.3) is 0 Å². The Bertz CT molecular complexity index is 385. The van der Waals surface area contributed by atoms with E-state index in [1.54, 1.807) is 5.56 Å². The van der Waals surface area contributed by atoms with Crippen molar-refractivity contribution in [1.29, 1.82) is 0 Å². The summed E-state index contributed by atoms with van der Waals surface area (Å²) in [5, 5.41) is 3.48. The van der Waals surface area contributed by atoms with Crippen LogP contribution in [-0.2, 0) is 0 Å². The molecule has 1 heteroatoms. The number of nitrogens with one attached hydrogen (secondary N) is 1. The molecule has 0 radical (unpaired) electrons. The smallest absolute Gasteiger partial charge is 0.0322 e. The van der Waals surface area contributed by atoms with Crippen molar-refractivity contribution in [2.24, 2.45) is 5.41 Å². The monoisotopic (exact) mass is 245 g/mol. The molecule has 18 heavy (non-hydrogen) atoms. The maximum atomic E-state index is 3.48. The third-order valence-corrected chi connectivity index (χ3v) is 4.05. The number of benzene rings is 1. The summed E-state index contributed by atoms with van der Waals surface area (Å²) in [6.07, 6.45) is 5.35. The topological polar surface area (TPSA) is 12.0 Å². The van der Waals surface area contributed by atoms with Gasteiger partial charge in [0, 0.05) is 6.04 Å². The van der Waals surface area contributed by atoms with Crippen molar-refractivity contribution in [2.75, 3.05) is 7.05 Å². The molecule has 2 rings (SSSR count). The minimum absolute atomic E-state index is 0.361. The molecule has 100 valence electrons. The van der Waals surface area contributed by atoms with Gasteiger partial charge >= 0.3 is 0 Å². The van der Waals surface area contributed by atoms with Crippen molar-refractivity contribution in [3.8, 4) is 0 Å². The van der Waals surface area contributed by atoms with Crippen molar-refractivity contribution in [2.45, 2.75) is 58.4 Å². The predicted octanol–water partition coefficient (Wildman–Crippen LogP) is 4.65. The normalized spacial score (nSPS) is 18.4. The summed E-state index contributed by atoms with van der Waals surface area (Å²) >= 11 is 0. The van der Waals surface area contributed by atoms with Crippen LogP contribution in [0.15, 0.2) is 24.3 Å². The molecular formula is C17H27N. The molecular weight excluding hydrogens is 218 g/mol. The van der Waals surface area contributed by atoms with Gasteiger partial charge < -0.3 is 5.32 Å². The zero-order chi connectivity index (χ0) is 13.2. The Morgan fingerprint density at radius 1 is 1.28 bits per heavy atom. The highest BCUT2D eigenvalue weighted by Crippen LogP contribution is 2.38. The van der Waals surface area contributed by atoms with E-state index < -0.39 is 0 Å². The van der Waals surface area contributed by atoms with E-state index in [4.69, 9.17) is 0 Å². The lowest BCUT2D eigenvalue weighted by atomic mass is 9.78. The van der Waals surface area contributed by atoms with Gasteiger partial charge in [-0.05, 0) is 48.8 Å². The van der Waals surface area contributed by atoms with Crippen molar-refractivity contribution in [3.05, 3.63) is 35.4 Å². The van der Waals surface area contributed by atoms with Gasteiger partial charge in [-0.1, -0.05) is 51.5 Å². The maximum Gasteiger partial charge on any atom is 0.0322 e. The van der Waals surface area contributed by atoms with Crippen LogP contribution in [0.3, 0.4) is 0 Å². The van der Waals surface area contributed by atoms with Gasteiger partial charge in [-0.25, -0.2) is 0 Å². The van der Waals surface area contributed by atoms with Crippen molar-refractivity contribution in [1.82, 2.24) is 5.32 Å². The van der Waals surface area contributed by atoms with E-state index in [0.717, 1.165) is 5.92 Å². The molecule has 1 aliphatic rings. The second-order valence-electron chi connectivity index (χ2n) is 6.90. The first-order valence-corrected chi connectivity index (χ1v) is 7.27. The van der Waals surface area contributed by atoms with Gasteiger partial charge in [0.05, 0.1) is 0 Å². The minimum Gasteiger partial charge on any atom is -0.313 e. The van der Waals surface area contributed by atoms with E-state index in [0.29, 0.717) is 11.5 Å². The summed E-state index contributed by atoms with van der Waals surface area (Å²) in [5.41, 5.74) is 3.37. The first-order chi connectivity index (χ1) is 8.49. The molecule has 1 saturated carbocycles. The standard InChI is InChI=1S/C17H27N/c1-17(2,3)12-16(18-4)15-10-6-9-14(11-15)13-7-5-8-13/h6,9-11,13,16,18H,5,7-8,12H2,1-4H3. The molecule has 0 aliphatic heterocycles. The second-order valence-corrected chi connectivity index (χ2v) is 6.90. The van der Waals surface area contributed by atoms with Gasteiger partial charge in [0.15, 0.2) is 0 Å². The molecule has 0 heterocycles. The van der Waals surface area contributed by atoms with Crippen LogP contribution in [0.4, 0.5) is 0 Å². The molecule has 1 nitrogen and oxygen atoms in total. The Hall–Kier alpha value is -0.820. The lowest BCUT2D eigenvalue weighted by Crippen LogP contribution is -2.22. The van der Waals surface area contributed by atoms with Gasteiger partial charge in [-0.2, -0.15) is 0 Å². The summed E-state index contributed by atoms with van der Waals surface area (Å²) in [4.78, 5) is 0. The zero-order valence-corrected chi connectivity index (χ0v) is 12.3. The predicted molar refractivity (Wildman–Crippen MR) is 78.9 cm³/mol. The van der Waals surface area contributed by atoms with Gasteiger partial charge in [0.25, 0.3) is 0 Å². The van der Waals surface area contributed by atoms with E-state index in [-0.39, 0.29) is 0 Å². The van der Waals surface area contributed by atoms with Crippen LogP contribution in [-0.4, -0.2) is 7.05 Å². The first-order valence-electron chi connectivity index (χ1n) is 7.27. The van der Waals surface area contributed by atoms with Crippen molar-refractivity contribution < 1.29 is 0 Å². The highest BCUT2D eigenvalue weighted by molar-refractivity contribution is 5.29. The van der Waals surface area contributed by atoms with Gasteiger partial charge in [0.1, 0.15) is 0 Å². The molecule has 0 saturated heterocycles. The molecule has 1 N–H and O–H groups in total. The highest BCUT2D eigenvalue weighted by atomic mass is 14.9. The number of hydrogen-bond acceptors (Lipinski definition) is 1. The molecule has 1 aliphatic carbocycles. The van der Waals surface area contributed by atoms with Crippen LogP contribution < -0.4 is 5.32 Å². The summed E-state index contributed by atoms with van der Waals surface area (Å²) in [6, 6.07) is 9.71. The average Bonchev–Trinajstić information content (AvgIpc) is 2.23. The lowest BCUT2D eigenvalue weighted by Gasteiger charge is -2.29. The van der Waals surface area contributed by atoms with Crippen molar-refractivity contribution >= 4 is 0 Å². The summed E-state index contributed by atoms with van der Waals surface area (Å²) in [6.45, 7) is 6.94. The SMILES string of the molecule is CNC(CC(C)(C)C)c1cccc(C2CCC2)c1. The molecule has 1 aromatic carbocycles. The summed E-state index contributed by atoms with van der Waals surface area (Å²) in [5.74, 6) is 0.831. The third kappa shape index (κ3) is 3.35. The maximum absolute atomic E-state index is 3.48. The van der Waals surface area contributed by atoms with Gasteiger partial charge in [-0.3, -0.25) is 0 Å². The van der Waals surface area contributed by atoms with Crippen molar-refractivity contribution in [3.63, 3.8) is 0 Å². The molecule has 0 amide bonds. The van der Waals surface area contributed by atoms with Crippen LogP contribution >= 0.6 is 0 Å². The van der Waals surface area contributed by atoms with Crippen LogP contribution in [0.5, 0.6) is 0 Å². The fourth-order valence-electron chi connectivity index (χ4n) is 2.77.